The van der Waals surface area contributed by atoms with Gasteiger partial charge in [0.2, 0.25) is 0 Å². The summed E-state index contributed by atoms with van der Waals surface area (Å²) in [5.41, 5.74) is 8.32. The molecule has 0 saturated carbocycles. The van der Waals surface area contributed by atoms with E-state index in [2.05, 4.69) is 72.3 Å². The first-order chi connectivity index (χ1) is 16.6. The molecule has 0 saturated heterocycles. The first-order valence-corrected chi connectivity index (χ1v) is 11.7. The van der Waals surface area contributed by atoms with Crippen LogP contribution in [0, 0.1) is 6.92 Å². The molecule has 1 aromatic heterocycles. The lowest BCUT2D eigenvalue weighted by Gasteiger charge is -2.10. The fourth-order valence-corrected chi connectivity index (χ4v) is 4.07. The summed E-state index contributed by atoms with van der Waals surface area (Å²) in [7, 11) is 0. The minimum atomic E-state index is -0.298. The van der Waals surface area contributed by atoms with Gasteiger partial charge in [0.15, 0.2) is 6.61 Å². The van der Waals surface area contributed by atoms with Crippen LogP contribution in [0.4, 0.5) is 0 Å². The van der Waals surface area contributed by atoms with Crippen LogP contribution in [0.25, 0.3) is 10.9 Å². The highest BCUT2D eigenvalue weighted by molar-refractivity contribution is 6.01. The van der Waals surface area contributed by atoms with Gasteiger partial charge in [-0.25, -0.2) is 5.43 Å². The Hall–Kier alpha value is -3.86. The van der Waals surface area contributed by atoms with E-state index < -0.39 is 0 Å². The molecular weight excluding hydrogens is 422 g/mol. The average Bonchev–Trinajstić information content (AvgIpc) is 3.14. The van der Waals surface area contributed by atoms with E-state index in [1.807, 2.05) is 42.5 Å². The molecule has 4 rings (SSSR count). The van der Waals surface area contributed by atoms with Crippen molar-refractivity contribution in [3.05, 3.63) is 101 Å². The smallest absolute Gasteiger partial charge is 0.277 e. The van der Waals surface area contributed by atoms with Crippen molar-refractivity contribution in [3.8, 4) is 5.75 Å². The van der Waals surface area contributed by atoms with E-state index in [0.717, 1.165) is 35.1 Å². The Balaban J connectivity index is 1.41. The average molecular weight is 454 g/mol. The number of rotatable bonds is 9. The summed E-state index contributed by atoms with van der Waals surface area (Å²) in [5, 5.41) is 5.32. The number of benzene rings is 3. The second kappa shape index (κ2) is 10.8. The van der Waals surface area contributed by atoms with Crippen LogP contribution in [0.1, 0.15) is 48.6 Å². The molecule has 4 aromatic rings. The van der Waals surface area contributed by atoms with E-state index in [0.29, 0.717) is 11.7 Å². The lowest BCUT2D eigenvalue weighted by atomic mass is 9.99. The number of hydrogen-bond acceptors (Lipinski definition) is 3. The summed E-state index contributed by atoms with van der Waals surface area (Å²) >= 11 is 0. The number of nitrogens with one attached hydrogen (secondary N) is 1. The number of carbonyl (C=O) groups excluding carboxylic acids is 1. The van der Waals surface area contributed by atoms with Gasteiger partial charge in [-0.1, -0.05) is 74.5 Å². The number of hydrazone groups is 1. The Bertz CT molecular complexity index is 1270. The minimum Gasteiger partial charge on any atom is -0.484 e. The van der Waals surface area contributed by atoms with Crippen LogP contribution in [0.3, 0.4) is 0 Å². The molecule has 0 bridgehead atoms. The van der Waals surface area contributed by atoms with Crippen LogP contribution in [-0.4, -0.2) is 23.3 Å². The van der Waals surface area contributed by atoms with E-state index in [1.165, 1.54) is 11.1 Å². The van der Waals surface area contributed by atoms with Gasteiger partial charge in [0.1, 0.15) is 5.75 Å². The predicted molar refractivity (Wildman–Crippen MR) is 139 cm³/mol. The molecule has 0 fully saturated rings. The normalized spacial score (nSPS) is 12.2. The maximum Gasteiger partial charge on any atom is 0.277 e. The number of amides is 1. The molecule has 0 radical (unpaired) electrons. The molecule has 34 heavy (non-hydrogen) atoms. The third-order valence-electron chi connectivity index (χ3n) is 6.28. The number of para-hydroxylation sites is 1. The molecule has 3 aromatic carbocycles. The zero-order chi connectivity index (χ0) is 23.9. The van der Waals surface area contributed by atoms with Crippen molar-refractivity contribution in [3.63, 3.8) is 0 Å². The van der Waals surface area contributed by atoms with Crippen molar-refractivity contribution in [1.82, 2.24) is 9.99 Å². The zero-order valence-electron chi connectivity index (χ0n) is 20.0. The van der Waals surface area contributed by atoms with E-state index in [4.69, 9.17) is 4.74 Å². The Kier molecular flexibility index (Phi) is 7.43. The summed E-state index contributed by atoms with van der Waals surface area (Å²) in [4.78, 5) is 12.3. The van der Waals surface area contributed by atoms with Gasteiger partial charge in [0.25, 0.3) is 5.91 Å². The van der Waals surface area contributed by atoms with Gasteiger partial charge < -0.3 is 9.30 Å². The van der Waals surface area contributed by atoms with Gasteiger partial charge in [0, 0.05) is 28.7 Å². The largest absolute Gasteiger partial charge is 0.484 e. The van der Waals surface area contributed by atoms with Gasteiger partial charge in [-0.2, -0.15) is 5.10 Å². The van der Waals surface area contributed by atoms with Crippen molar-refractivity contribution in [2.75, 3.05) is 6.61 Å². The standard InChI is InChI=1S/C29H31N3O2/c1-4-21(2)24-14-16-25(17-15-24)34-20-29(33)31-30-18-27-22(3)32(19-23-10-6-5-7-11-23)28-13-9-8-12-26(27)28/h5-18,21H,4,19-20H2,1-3H3,(H,31,33). The van der Waals surface area contributed by atoms with E-state index >= 15 is 0 Å². The second-order valence-electron chi connectivity index (χ2n) is 8.55. The van der Waals surface area contributed by atoms with Crippen molar-refractivity contribution < 1.29 is 9.53 Å². The number of fused-ring (bicyclic) bond motifs is 1. The van der Waals surface area contributed by atoms with Gasteiger partial charge in [0.05, 0.1) is 6.21 Å². The first-order valence-electron chi connectivity index (χ1n) is 11.7. The highest BCUT2D eigenvalue weighted by Crippen LogP contribution is 2.25. The number of carbonyl (C=O) groups is 1. The van der Waals surface area contributed by atoms with Crippen LogP contribution < -0.4 is 10.2 Å². The first kappa shape index (κ1) is 23.3. The molecule has 1 heterocycles. The number of aromatic nitrogens is 1. The fraction of sp³-hybridized carbons (Fsp3) is 0.241. The predicted octanol–water partition coefficient (Wildman–Crippen LogP) is 6.04. The van der Waals surface area contributed by atoms with Crippen LogP contribution >= 0.6 is 0 Å². The summed E-state index contributed by atoms with van der Waals surface area (Å²) in [6.07, 6.45) is 2.81. The molecule has 0 spiro atoms. The Morgan fingerprint density at radius 1 is 1.03 bits per heavy atom. The molecule has 0 aliphatic rings. The zero-order valence-corrected chi connectivity index (χ0v) is 20.0. The van der Waals surface area contributed by atoms with Crippen LogP contribution in [0.5, 0.6) is 5.75 Å². The quantitative estimate of drug-likeness (QED) is 0.248. The summed E-state index contributed by atoms with van der Waals surface area (Å²) in [6, 6.07) is 26.5. The molecule has 174 valence electrons. The van der Waals surface area contributed by atoms with Gasteiger partial charge in [-0.15, -0.1) is 0 Å². The molecule has 0 aliphatic heterocycles. The second-order valence-corrected chi connectivity index (χ2v) is 8.55. The summed E-state index contributed by atoms with van der Waals surface area (Å²) < 4.78 is 7.89. The van der Waals surface area contributed by atoms with Crippen molar-refractivity contribution in [1.29, 1.82) is 0 Å². The topological polar surface area (TPSA) is 55.6 Å². The highest BCUT2D eigenvalue weighted by Gasteiger charge is 2.13. The van der Waals surface area contributed by atoms with Gasteiger partial charge in [-0.3, -0.25) is 4.79 Å². The minimum absolute atomic E-state index is 0.0885. The Labute approximate surface area is 201 Å². The Morgan fingerprint density at radius 2 is 1.74 bits per heavy atom. The molecule has 1 N–H and O–H groups in total. The molecule has 0 aliphatic carbocycles. The molecule has 1 atom stereocenters. The summed E-state index contributed by atoms with van der Waals surface area (Å²) in [6.45, 7) is 7.13. The lowest BCUT2D eigenvalue weighted by molar-refractivity contribution is -0.123. The van der Waals surface area contributed by atoms with E-state index in [-0.39, 0.29) is 12.5 Å². The molecule has 5 heteroatoms. The third-order valence-corrected chi connectivity index (χ3v) is 6.28. The van der Waals surface area contributed by atoms with E-state index in [1.54, 1.807) is 6.21 Å². The maximum absolute atomic E-state index is 12.3. The van der Waals surface area contributed by atoms with Crippen molar-refractivity contribution >= 4 is 23.0 Å². The number of nitrogens with zero attached hydrogens (tertiary/aromatic N) is 2. The Morgan fingerprint density at radius 3 is 2.47 bits per heavy atom. The fourth-order valence-electron chi connectivity index (χ4n) is 4.07. The molecule has 1 amide bonds. The van der Waals surface area contributed by atoms with Crippen LogP contribution in [0.15, 0.2) is 84.0 Å². The van der Waals surface area contributed by atoms with Crippen molar-refractivity contribution in [2.45, 2.75) is 39.7 Å². The highest BCUT2D eigenvalue weighted by atomic mass is 16.5. The number of hydrogen-bond donors (Lipinski definition) is 1. The van der Waals surface area contributed by atoms with Crippen molar-refractivity contribution in [2.24, 2.45) is 5.10 Å². The molecule has 1 unspecified atom stereocenters. The third kappa shape index (κ3) is 5.37. The SMILES string of the molecule is CCC(C)c1ccc(OCC(=O)NN=Cc2c(C)n(Cc3ccccc3)c3ccccc23)cc1. The van der Waals surface area contributed by atoms with Crippen LogP contribution in [0.2, 0.25) is 0 Å². The van der Waals surface area contributed by atoms with E-state index in [9.17, 15) is 4.79 Å². The molecule has 5 nitrogen and oxygen atoms in total. The monoisotopic (exact) mass is 453 g/mol. The number of ether oxygens (including phenoxy) is 1. The van der Waals surface area contributed by atoms with Crippen LogP contribution in [-0.2, 0) is 11.3 Å². The maximum atomic E-state index is 12.3. The lowest BCUT2D eigenvalue weighted by Crippen LogP contribution is -2.24. The van der Waals surface area contributed by atoms with Gasteiger partial charge in [-0.05, 0) is 48.6 Å². The molecular formula is C29H31N3O2. The summed E-state index contributed by atoms with van der Waals surface area (Å²) in [5.74, 6) is 0.882. The van der Waals surface area contributed by atoms with Gasteiger partial charge >= 0.3 is 0 Å².